The van der Waals surface area contributed by atoms with E-state index in [1.807, 2.05) is 12.1 Å². The molecule has 0 atom stereocenters. The van der Waals surface area contributed by atoms with E-state index >= 15 is 0 Å². The van der Waals surface area contributed by atoms with Crippen LogP contribution in [0.25, 0.3) is 87.7 Å². The second-order valence-corrected chi connectivity index (χ2v) is 19.2. The van der Waals surface area contributed by atoms with Crippen LogP contribution in [0.5, 0.6) is 0 Å². The maximum Gasteiger partial charge on any atom is 0.159 e. The van der Waals surface area contributed by atoms with Gasteiger partial charge >= 0.3 is 0 Å². The zero-order chi connectivity index (χ0) is 46.7. The van der Waals surface area contributed by atoms with Gasteiger partial charge in [-0.3, -0.25) is 0 Å². The second-order valence-electron chi connectivity index (χ2n) is 19.2. The van der Waals surface area contributed by atoms with Crippen LogP contribution >= 0.6 is 0 Å². The Morgan fingerprint density at radius 2 is 0.900 bits per heavy atom. The highest BCUT2D eigenvalue weighted by Gasteiger charge is 2.36. The van der Waals surface area contributed by atoms with Crippen molar-refractivity contribution in [2.75, 3.05) is 9.80 Å². The number of furan rings is 2. The number of hydrogen-bond acceptors (Lipinski definition) is 4. The minimum Gasteiger partial charge on any atom is -0.454 e. The molecule has 0 amide bonds. The second kappa shape index (κ2) is 15.3. The van der Waals surface area contributed by atoms with Gasteiger partial charge in [0.05, 0.1) is 17.1 Å². The van der Waals surface area contributed by atoms with Crippen LogP contribution in [0.1, 0.15) is 30.5 Å². The number of rotatable bonds is 7. The first-order valence-corrected chi connectivity index (χ1v) is 24.2. The van der Waals surface area contributed by atoms with Gasteiger partial charge in [0.15, 0.2) is 11.2 Å². The molecular weight excluding hydrogens is 853 g/mol. The molecule has 332 valence electrons. The van der Waals surface area contributed by atoms with Crippen LogP contribution in [-0.2, 0) is 5.41 Å². The maximum atomic E-state index is 6.79. The molecule has 0 aliphatic heterocycles. The molecule has 1 aliphatic rings. The van der Waals surface area contributed by atoms with E-state index in [0.717, 1.165) is 89.1 Å². The predicted molar refractivity (Wildman–Crippen MR) is 293 cm³/mol. The molecule has 4 nitrogen and oxygen atoms in total. The SMILES string of the molecule is Cc1c2c3c(cccc3c3cc(N(c4ccccc4-c4ccccc4)c4cccc5c4oc4ccccc45)ccc13)C(C)(C)c1cc(N(c3ccccc3)c3cccc4c3oc3ccccc34)ccc1-2. The first-order valence-electron chi connectivity index (χ1n) is 24.2. The molecule has 14 rings (SSSR count). The molecular formula is C66H46N2O2. The molecule has 0 bridgehead atoms. The third-order valence-corrected chi connectivity index (χ3v) is 15.0. The van der Waals surface area contributed by atoms with Gasteiger partial charge in [-0.2, -0.15) is 0 Å². The van der Waals surface area contributed by atoms with E-state index in [1.165, 1.54) is 49.4 Å². The van der Waals surface area contributed by atoms with Crippen molar-refractivity contribution < 1.29 is 8.83 Å². The van der Waals surface area contributed by atoms with Gasteiger partial charge in [-0.1, -0.05) is 172 Å². The van der Waals surface area contributed by atoms with E-state index in [2.05, 4.69) is 243 Å². The summed E-state index contributed by atoms with van der Waals surface area (Å²) in [6.45, 7) is 7.11. The highest BCUT2D eigenvalue weighted by Crippen LogP contribution is 2.55. The molecule has 0 spiro atoms. The first kappa shape index (κ1) is 40.2. The van der Waals surface area contributed by atoms with Crippen molar-refractivity contribution in [3.63, 3.8) is 0 Å². The van der Waals surface area contributed by atoms with Crippen molar-refractivity contribution in [3.8, 4) is 22.3 Å². The normalized spacial score (nSPS) is 12.9. The molecule has 0 unspecified atom stereocenters. The molecule has 0 saturated carbocycles. The molecule has 1 aliphatic carbocycles. The highest BCUT2D eigenvalue weighted by molar-refractivity contribution is 6.20. The molecule has 13 aromatic rings. The lowest BCUT2D eigenvalue weighted by molar-refractivity contribution is 0.645. The molecule has 70 heavy (non-hydrogen) atoms. The average Bonchev–Trinajstić information content (AvgIpc) is 3.99. The van der Waals surface area contributed by atoms with Gasteiger partial charge < -0.3 is 18.6 Å². The Hall–Kier alpha value is -8.86. The van der Waals surface area contributed by atoms with Crippen molar-refractivity contribution in [1.82, 2.24) is 0 Å². The van der Waals surface area contributed by atoms with E-state index in [9.17, 15) is 0 Å². The van der Waals surface area contributed by atoms with Crippen LogP contribution in [0.2, 0.25) is 0 Å². The number of hydrogen-bond donors (Lipinski definition) is 0. The Bertz CT molecular complexity index is 4240. The van der Waals surface area contributed by atoms with Gasteiger partial charge in [0.1, 0.15) is 11.2 Å². The fourth-order valence-electron chi connectivity index (χ4n) is 11.8. The number of aryl methyl sites for hydroxylation is 1. The number of para-hydroxylation sites is 6. The van der Waals surface area contributed by atoms with Crippen LogP contribution in [0.4, 0.5) is 34.1 Å². The van der Waals surface area contributed by atoms with Crippen molar-refractivity contribution in [3.05, 3.63) is 241 Å². The van der Waals surface area contributed by atoms with Crippen molar-refractivity contribution >= 4 is 99.5 Å². The molecule has 0 fully saturated rings. The van der Waals surface area contributed by atoms with Gasteiger partial charge in [-0.25, -0.2) is 0 Å². The summed E-state index contributed by atoms with van der Waals surface area (Å²) in [4.78, 5) is 4.77. The lowest BCUT2D eigenvalue weighted by Gasteiger charge is -2.37. The molecule has 2 heterocycles. The van der Waals surface area contributed by atoms with Crippen LogP contribution in [0.3, 0.4) is 0 Å². The summed E-state index contributed by atoms with van der Waals surface area (Å²) in [5, 5.41) is 9.45. The number of anilines is 6. The van der Waals surface area contributed by atoms with E-state index < -0.39 is 0 Å². The average molecular weight is 899 g/mol. The summed E-state index contributed by atoms with van der Waals surface area (Å²) < 4.78 is 13.5. The van der Waals surface area contributed by atoms with E-state index in [-0.39, 0.29) is 5.41 Å². The lowest BCUT2D eigenvalue weighted by Crippen LogP contribution is -2.25. The van der Waals surface area contributed by atoms with Gasteiger partial charge in [0, 0.05) is 49.6 Å². The quantitative estimate of drug-likeness (QED) is 0.149. The maximum absolute atomic E-state index is 6.79. The molecule has 0 radical (unpaired) electrons. The van der Waals surface area contributed by atoms with Crippen molar-refractivity contribution in [1.29, 1.82) is 0 Å². The summed E-state index contributed by atoms with van der Waals surface area (Å²) in [5.74, 6) is 0. The predicted octanol–water partition coefficient (Wildman–Crippen LogP) is 19.0. The Kier molecular flexibility index (Phi) is 8.81. The van der Waals surface area contributed by atoms with Gasteiger partial charge in [-0.05, 0) is 129 Å². The monoisotopic (exact) mass is 898 g/mol. The van der Waals surface area contributed by atoms with Gasteiger partial charge in [-0.15, -0.1) is 0 Å². The Balaban J connectivity index is 0.981. The fraction of sp³-hybridized carbons (Fsp3) is 0.0606. The Morgan fingerprint density at radius 3 is 1.61 bits per heavy atom. The Morgan fingerprint density at radius 1 is 0.357 bits per heavy atom. The summed E-state index contributed by atoms with van der Waals surface area (Å²) >= 11 is 0. The van der Waals surface area contributed by atoms with Crippen LogP contribution in [0, 0.1) is 6.92 Å². The van der Waals surface area contributed by atoms with Crippen molar-refractivity contribution in [2.45, 2.75) is 26.2 Å². The molecule has 2 aromatic heterocycles. The topological polar surface area (TPSA) is 32.8 Å². The molecule has 11 aromatic carbocycles. The summed E-state index contributed by atoms with van der Waals surface area (Å²) in [6, 6.07) is 80.9. The Labute approximate surface area is 405 Å². The first-order chi connectivity index (χ1) is 34.4. The summed E-state index contributed by atoms with van der Waals surface area (Å²) in [5.41, 5.74) is 18.2. The molecule has 0 N–H and O–H groups in total. The molecule has 4 heteroatoms. The number of fused-ring (bicyclic) bond motifs is 10. The minimum absolute atomic E-state index is 0.332. The zero-order valence-electron chi connectivity index (χ0n) is 39.1. The number of nitrogens with zero attached hydrogens (tertiary/aromatic N) is 2. The molecule has 0 saturated heterocycles. The van der Waals surface area contributed by atoms with Gasteiger partial charge in [0.2, 0.25) is 0 Å². The fourth-order valence-corrected chi connectivity index (χ4v) is 11.8. The van der Waals surface area contributed by atoms with Gasteiger partial charge in [0.25, 0.3) is 0 Å². The smallest absolute Gasteiger partial charge is 0.159 e. The van der Waals surface area contributed by atoms with E-state index in [0.29, 0.717) is 0 Å². The largest absolute Gasteiger partial charge is 0.454 e. The third-order valence-electron chi connectivity index (χ3n) is 15.0. The van der Waals surface area contributed by atoms with Crippen LogP contribution in [0.15, 0.2) is 233 Å². The summed E-state index contributed by atoms with van der Waals surface area (Å²) in [7, 11) is 0. The van der Waals surface area contributed by atoms with Crippen LogP contribution in [-0.4, -0.2) is 0 Å². The third kappa shape index (κ3) is 5.90. The van der Waals surface area contributed by atoms with E-state index in [1.54, 1.807) is 0 Å². The highest BCUT2D eigenvalue weighted by atomic mass is 16.3. The van der Waals surface area contributed by atoms with E-state index in [4.69, 9.17) is 8.83 Å². The lowest BCUT2D eigenvalue weighted by atomic mass is 9.67. The van der Waals surface area contributed by atoms with Crippen LogP contribution < -0.4 is 9.80 Å². The number of benzene rings is 11. The zero-order valence-corrected chi connectivity index (χ0v) is 39.1. The minimum atomic E-state index is -0.332. The standard InChI is InChI=1S/C66H46N2O2/c1-41-46-37-35-44(68(57-30-13-10-23-47(57)42-19-6-4-7-20-42)59-32-18-28-52-49-25-12-15-34-61(49)70-65(52)59)39-54(46)50-26-16-29-55-63(50)62(41)53-38-36-45(40-56(53)66(55,2)3)67(43-21-8-5-9-22-43)58-31-17-27-51-48-24-11-14-33-60(48)69-64(51)58/h4-40H,1-3H3. The van der Waals surface area contributed by atoms with Crippen molar-refractivity contribution in [2.24, 2.45) is 0 Å². The summed E-state index contributed by atoms with van der Waals surface area (Å²) in [6.07, 6.45) is 0.